The Morgan fingerprint density at radius 2 is 1.76 bits per heavy atom. The summed E-state index contributed by atoms with van der Waals surface area (Å²) >= 11 is 0. The lowest BCUT2D eigenvalue weighted by Crippen LogP contribution is -2.32. The molecule has 0 unspecified atom stereocenters. The average Bonchev–Trinajstić information content (AvgIpc) is 3.39. The lowest BCUT2D eigenvalue weighted by Gasteiger charge is -2.33. The molecule has 1 aliphatic carbocycles. The maximum absolute atomic E-state index is 2.66. The molecule has 0 saturated heterocycles. The standard InChI is InChI=1S/C22H28N2.ClH/c1-17(2)24(21-6-4-3-5-7-21)22-11-10-19-12-13-23(15-18-8-9-18)16-20(19)14-22;/h3-7,10-11,14,17-18H,8-9,12-13,15-16H2,1-2H3;1H. The van der Waals surface area contributed by atoms with Crippen LogP contribution in [0.4, 0.5) is 11.4 Å². The van der Waals surface area contributed by atoms with Crippen LogP contribution in [0.25, 0.3) is 0 Å². The second-order valence-corrected chi connectivity index (χ2v) is 7.68. The van der Waals surface area contributed by atoms with Crippen LogP contribution in [0.15, 0.2) is 48.5 Å². The molecule has 2 aromatic rings. The van der Waals surface area contributed by atoms with Crippen molar-refractivity contribution in [1.29, 1.82) is 0 Å². The Bertz CT molecular complexity index is 694. The zero-order chi connectivity index (χ0) is 16.5. The molecule has 134 valence electrons. The molecular weight excluding hydrogens is 328 g/mol. The van der Waals surface area contributed by atoms with Gasteiger partial charge in [0, 0.05) is 37.1 Å². The van der Waals surface area contributed by atoms with E-state index in [9.17, 15) is 0 Å². The Labute approximate surface area is 158 Å². The zero-order valence-corrected chi connectivity index (χ0v) is 16.1. The van der Waals surface area contributed by atoms with Gasteiger partial charge in [0.25, 0.3) is 0 Å². The molecule has 4 rings (SSSR count). The van der Waals surface area contributed by atoms with Crippen LogP contribution in [-0.2, 0) is 13.0 Å². The number of para-hydroxylation sites is 1. The summed E-state index contributed by atoms with van der Waals surface area (Å²) < 4.78 is 0. The second-order valence-electron chi connectivity index (χ2n) is 7.68. The normalized spacial score (nSPS) is 17.1. The molecule has 1 saturated carbocycles. The summed E-state index contributed by atoms with van der Waals surface area (Å²) in [5.74, 6) is 0.978. The zero-order valence-electron chi connectivity index (χ0n) is 15.3. The van der Waals surface area contributed by atoms with Crippen LogP contribution in [-0.4, -0.2) is 24.0 Å². The summed E-state index contributed by atoms with van der Waals surface area (Å²) in [4.78, 5) is 5.10. The van der Waals surface area contributed by atoms with E-state index < -0.39 is 0 Å². The minimum atomic E-state index is 0. The van der Waals surface area contributed by atoms with Gasteiger partial charge in [0.2, 0.25) is 0 Å². The molecule has 0 N–H and O–H groups in total. The number of halogens is 1. The van der Waals surface area contributed by atoms with Crippen LogP contribution in [0.1, 0.15) is 37.8 Å². The van der Waals surface area contributed by atoms with Crippen molar-refractivity contribution < 1.29 is 0 Å². The van der Waals surface area contributed by atoms with Gasteiger partial charge in [0.15, 0.2) is 0 Å². The number of fused-ring (bicyclic) bond motifs is 1. The Morgan fingerprint density at radius 3 is 2.44 bits per heavy atom. The Balaban J connectivity index is 0.00000182. The maximum atomic E-state index is 2.66. The summed E-state index contributed by atoms with van der Waals surface area (Å²) in [6, 6.07) is 18.3. The summed E-state index contributed by atoms with van der Waals surface area (Å²) in [6.45, 7) is 8.20. The fourth-order valence-electron chi connectivity index (χ4n) is 3.91. The maximum Gasteiger partial charge on any atom is 0.0416 e. The van der Waals surface area contributed by atoms with Gasteiger partial charge in [0.1, 0.15) is 0 Å². The number of benzene rings is 2. The first-order chi connectivity index (χ1) is 11.7. The largest absolute Gasteiger partial charge is 0.339 e. The first-order valence-electron chi connectivity index (χ1n) is 9.39. The van der Waals surface area contributed by atoms with Gasteiger partial charge in [-0.05, 0) is 74.4 Å². The highest BCUT2D eigenvalue weighted by atomic mass is 35.5. The second kappa shape index (κ2) is 7.80. The van der Waals surface area contributed by atoms with Crippen molar-refractivity contribution in [2.45, 2.75) is 45.7 Å². The van der Waals surface area contributed by atoms with Crippen molar-refractivity contribution >= 4 is 23.8 Å². The highest BCUT2D eigenvalue weighted by Crippen LogP contribution is 2.34. The first-order valence-corrected chi connectivity index (χ1v) is 9.39. The van der Waals surface area contributed by atoms with E-state index in [0.29, 0.717) is 6.04 Å². The summed E-state index contributed by atoms with van der Waals surface area (Å²) in [5.41, 5.74) is 5.67. The molecule has 2 aromatic carbocycles. The quantitative estimate of drug-likeness (QED) is 0.705. The third-order valence-electron chi connectivity index (χ3n) is 5.32. The molecule has 0 atom stereocenters. The molecule has 0 spiro atoms. The first kappa shape index (κ1) is 18.3. The van der Waals surface area contributed by atoms with Gasteiger partial charge in [-0.1, -0.05) is 24.3 Å². The topological polar surface area (TPSA) is 6.48 Å². The van der Waals surface area contributed by atoms with Crippen LogP contribution in [0, 0.1) is 5.92 Å². The molecule has 0 aromatic heterocycles. The lowest BCUT2D eigenvalue weighted by molar-refractivity contribution is 0.244. The minimum absolute atomic E-state index is 0. The highest BCUT2D eigenvalue weighted by Gasteiger charge is 2.26. The Morgan fingerprint density at radius 1 is 1.00 bits per heavy atom. The van der Waals surface area contributed by atoms with Crippen molar-refractivity contribution in [3.05, 3.63) is 59.7 Å². The van der Waals surface area contributed by atoms with Crippen LogP contribution in [0.5, 0.6) is 0 Å². The van der Waals surface area contributed by atoms with Crippen molar-refractivity contribution in [3.63, 3.8) is 0 Å². The number of nitrogens with zero attached hydrogens (tertiary/aromatic N) is 2. The minimum Gasteiger partial charge on any atom is -0.339 e. The summed E-state index contributed by atoms with van der Waals surface area (Å²) in [5, 5.41) is 0. The van der Waals surface area contributed by atoms with E-state index in [1.807, 2.05) is 0 Å². The van der Waals surface area contributed by atoms with Crippen LogP contribution in [0.3, 0.4) is 0 Å². The Hall–Kier alpha value is -1.51. The molecule has 1 aliphatic heterocycles. The van der Waals surface area contributed by atoms with Gasteiger partial charge in [-0.25, -0.2) is 0 Å². The third kappa shape index (κ3) is 4.19. The molecule has 1 heterocycles. The van der Waals surface area contributed by atoms with Gasteiger partial charge in [-0.15, -0.1) is 12.4 Å². The van der Waals surface area contributed by atoms with Crippen molar-refractivity contribution in [1.82, 2.24) is 4.90 Å². The molecule has 0 bridgehead atoms. The van der Waals surface area contributed by atoms with Gasteiger partial charge in [-0.2, -0.15) is 0 Å². The number of rotatable bonds is 5. The predicted molar refractivity (Wildman–Crippen MR) is 109 cm³/mol. The molecule has 0 amide bonds. The van der Waals surface area contributed by atoms with E-state index in [4.69, 9.17) is 0 Å². The predicted octanol–water partition coefficient (Wildman–Crippen LogP) is 5.42. The van der Waals surface area contributed by atoms with Crippen LogP contribution < -0.4 is 4.90 Å². The average molecular weight is 357 g/mol. The monoisotopic (exact) mass is 356 g/mol. The smallest absolute Gasteiger partial charge is 0.0416 e. The molecule has 2 nitrogen and oxygen atoms in total. The van der Waals surface area contributed by atoms with Crippen LogP contribution >= 0.6 is 12.4 Å². The summed E-state index contributed by atoms with van der Waals surface area (Å²) in [6.07, 6.45) is 4.09. The van der Waals surface area contributed by atoms with Gasteiger partial charge in [-0.3, -0.25) is 4.90 Å². The van der Waals surface area contributed by atoms with Gasteiger partial charge >= 0.3 is 0 Å². The van der Waals surface area contributed by atoms with Crippen molar-refractivity contribution in [2.75, 3.05) is 18.0 Å². The van der Waals surface area contributed by atoms with Gasteiger partial charge < -0.3 is 4.90 Å². The third-order valence-corrected chi connectivity index (χ3v) is 5.32. The van der Waals surface area contributed by atoms with Gasteiger partial charge in [0.05, 0.1) is 0 Å². The number of hydrogen-bond donors (Lipinski definition) is 0. The van der Waals surface area contributed by atoms with E-state index in [0.717, 1.165) is 12.5 Å². The van der Waals surface area contributed by atoms with Crippen molar-refractivity contribution in [3.8, 4) is 0 Å². The number of anilines is 2. The molecule has 3 heteroatoms. The molecule has 2 aliphatic rings. The molecule has 0 radical (unpaired) electrons. The van der Waals surface area contributed by atoms with Crippen LogP contribution in [0.2, 0.25) is 0 Å². The highest BCUT2D eigenvalue weighted by molar-refractivity contribution is 5.85. The lowest BCUT2D eigenvalue weighted by atomic mass is 9.98. The van der Waals surface area contributed by atoms with E-state index in [2.05, 4.69) is 72.2 Å². The SMILES string of the molecule is CC(C)N(c1ccccc1)c1ccc2c(c1)CN(CC1CC1)CC2.Cl. The number of hydrogen-bond acceptors (Lipinski definition) is 2. The molecule has 1 fully saturated rings. The fourth-order valence-corrected chi connectivity index (χ4v) is 3.91. The summed E-state index contributed by atoms with van der Waals surface area (Å²) in [7, 11) is 0. The van der Waals surface area contributed by atoms with E-state index in [-0.39, 0.29) is 12.4 Å². The van der Waals surface area contributed by atoms with E-state index >= 15 is 0 Å². The van der Waals surface area contributed by atoms with Crippen molar-refractivity contribution in [2.24, 2.45) is 5.92 Å². The van der Waals surface area contributed by atoms with E-state index in [1.165, 1.54) is 49.3 Å². The fraction of sp³-hybridized carbons (Fsp3) is 0.455. The molecular formula is C22H29ClN2. The molecule has 25 heavy (non-hydrogen) atoms. The van der Waals surface area contributed by atoms with E-state index in [1.54, 1.807) is 5.56 Å². The Kier molecular flexibility index (Phi) is 5.71.